The molecule has 16 nitrogen and oxygen atoms in total. The summed E-state index contributed by atoms with van der Waals surface area (Å²) in [5.41, 5.74) is 18.1. The van der Waals surface area contributed by atoms with Crippen LogP contribution in [0.5, 0.6) is 0 Å². The van der Waals surface area contributed by atoms with E-state index in [9.17, 15) is 34.2 Å². The lowest BCUT2D eigenvalue weighted by molar-refractivity contribution is -0.147. The van der Waals surface area contributed by atoms with Gasteiger partial charge in [-0.25, -0.2) is 4.79 Å². The molecular formula is C31H51N9O7. The van der Waals surface area contributed by atoms with Crippen molar-refractivity contribution in [1.29, 1.82) is 0 Å². The van der Waals surface area contributed by atoms with Gasteiger partial charge in [0.2, 0.25) is 23.6 Å². The molecule has 2 rings (SSSR count). The molecule has 11 N–H and O–H groups in total. The van der Waals surface area contributed by atoms with Crippen molar-refractivity contribution in [3.8, 4) is 0 Å². The Morgan fingerprint density at radius 1 is 1.02 bits per heavy atom. The Morgan fingerprint density at radius 2 is 1.66 bits per heavy atom. The van der Waals surface area contributed by atoms with Crippen molar-refractivity contribution in [3.05, 3.63) is 29.8 Å². The quantitative estimate of drug-likeness (QED) is 0.0556. The van der Waals surface area contributed by atoms with E-state index in [2.05, 4.69) is 20.9 Å². The summed E-state index contributed by atoms with van der Waals surface area (Å²) in [5.74, 6) is -3.98. The molecular weight excluding hydrogens is 610 g/mol. The number of aliphatic imine (C=N–C) groups is 1. The summed E-state index contributed by atoms with van der Waals surface area (Å²) < 4.78 is 0. The van der Waals surface area contributed by atoms with Crippen LogP contribution < -0.4 is 38.1 Å². The van der Waals surface area contributed by atoms with Gasteiger partial charge in [0.15, 0.2) is 12.0 Å². The average molecular weight is 662 g/mol. The summed E-state index contributed by atoms with van der Waals surface area (Å²) in [6, 6.07) is 1.22. The summed E-state index contributed by atoms with van der Waals surface area (Å²) >= 11 is 0. The predicted molar refractivity (Wildman–Crippen MR) is 177 cm³/mol. The first kappa shape index (κ1) is 38.7. The van der Waals surface area contributed by atoms with E-state index in [-0.39, 0.29) is 44.2 Å². The number of anilines is 1. The minimum atomic E-state index is -1.55. The number of hydrogen-bond acceptors (Lipinski definition) is 9. The lowest BCUT2D eigenvalue weighted by Gasteiger charge is -2.31. The molecule has 1 heterocycles. The number of benzene rings is 1. The molecule has 0 spiro atoms. The summed E-state index contributed by atoms with van der Waals surface area (Å²) in [7, 11) is 3.73. The largest absolute Gasteiger partial charge is 0.480 e. The molecule has 0 saturated carbocycles. The lowest BCUT2D eigenvalue weighted by Crippen LogP contribution is -2.58. The van der Waals surface area contributed by atoms with Crippen molar-refractivity contribution < 1.29 is 34.2 Å². The number of carboxylic acid groups (broad SMARTS) is 1. The zero-order valence-corrected chi connectivity index (χ0v) is 27.8. The number of aliphatic hydroxyl groups excluding tert-OH is 1. The Labute approximate surface area is 275 Å². The molecule has 4 amide bonds. The van der Waals surface area contributed by atoms with Gasteiger partial charge in [0.25, 0.3) is 0 Å². The summed E-state index contributed by atoms with van der Waals surface area (Å²) in [6.45, 7) is 5.49. The molecule has 6 atom stereocenters. The van der Waals surface area contributed by atoms with Gasteiger partial charge < -0.3 is 53.2 Å². The van der Waals surface area contributed by atoms with Gasteiger partial charge in [0.05, 0.1) is 12.1 Å². The fourth-order valence-corrected chi connectivity index (χ4v) is 5.25. The number of amides is 4. The number of carbonyl (C=O) groups excluding carboxylic acids is 4. The number of nitrogens with zero attached hydrogens (tertiary/aromatic N) is 3. The molecule has 1 fully saturated rings. The van der Waals surface area contributed by atoms with Crippen LogP contribution in [0.4, 0.5) is 5.69 Å². The van der Waals surface area contributed by atoms with Crippen LogP contribution in [0.3, 0.4) is 0 Å². The fourth-order valence-electron chi connectivity index (χ4n) is 5.25. The van der Waals surface area contributed by atoms with Crippen molar-refractivity contribution in [2.45, 2.75) is 89.2 Å². The van der Waals surface area contributed by atoms with Crippen molar-refractivity contribution in [3.63, 3.8) is 0 Å². The number of guanidine groups is 1. The Kier molecular flexibility index (Phi) is 14.9. The van der Waals surface area contributed by atoms with Crippen molar-refractivity contribution in [2.75, 3.05) is 32.1 Å². The van der Waals surface area contributed by atoms with E-state index >= 15 is 0 Å². The first-order chi connectivity index (χ1) is 22.0. The summed E-state index contributed by atoms with van der Waals surface area (Å²) in [4.78, 5) is 72.7. The smallest absolute Gasteiger partial charge is 0.328 e. The standard InChI is InChI=1S/C31H51N9O7/c1-17(2)16-22(29(45)40-15-7-9-23(40)27(43)37-24(18(3)41)30(46)47)36-28(44)25(19-10-12-20(13-11-19)39(4)5)38-26(42)21(32)8-6-14-35-31(33)34/h10-13,17-18,21-25,41H,6-9,14-16,32H2,1-5H3,(H,36,44)(H,37,43)(H,38,42)(H,46,47)(H4,33,34,35)/t18-,21+,22+,23+,24+,25-/m1/s1. The van der Waals surface area contributed by atoms with Crippen LogP contribution in [0, 0.1) is 5.92 Å². The number of aliphatic hydroxyl groups is 1. The number of nitrogens with two attached hydrogens (primary N) is 3. The van der Waals surface area contributed by atoms with Crippen LogP contribution in [-0.4, -0.2) is 108 Å². The first-order valence-electron chi connectivity index (χ1n) is 15.7. The summed E-state index contributed by atoms with van der Waals surface area (Å²) in [5, 5.41) is 27.1. The number of carbonyl (C=O) groups is 5. The molecule has 16 heteroatoms. The van der Waals surface area contributed by atoms with Gasteiger partial charge in [0.1, 0.15) is 18.1 Å². The molecule has 1 aliphatic rings. The summed E-state index contributed by atoms with van der Waals surface area (Å²) in [6.07, 6.45) is 0.314. The van der Waals surface area contributed by atoms with E-state index < -0.39 is 65.9 Å². The first-order valence-corrected chi connectivity index (χ1v) is 15.7. The fraction of sp³-hybridized carbons (Fsp3) is 0.613. The number of aliphatic carboxylic acids is 1. The highest BCUT2D eigenvalue weighted by atomic mass is 16.4. The van der Waals surface area contributed by atoms with Crippen LogP contribution >= 0.6 is 0 Å². The monoisotopic (exact) mass is 661 g/mol. The second kappa shape index (κ2) is 18.0. The van der Waals surface area contributed by atoms with Gasteiger partial charge in [-0.05, 0) is 62.6 Å². The predicted octanol–water partition coefficient (Wildman–Crippen LogP) is -1.24. The number of carboxylic acids is 1. The molecule has 47 heavy (non-hydrogen) atoms. The van der Waals surface area contributed by atoms with Crippen LogP contribution in [0.25, 0.3) is 0 Å². The van der Waals surface area contributed by atoms with Gasteiger partial charge in [-0.1, -0.05) is 26.0 Å². The van der Waals surface area contributed by atoms with E-state index in [1.165, 1.54) is 11.8 Å². The number of likely N-dealkylation sites (tertiary alicyclic amines) is 1. The van der Waals surface area contributed by atoms with Crippen molar-refractivity contribution >= 4 is 41.2 Å². The third kappa shape index (κ3) is 11.7. The van der Waals surface area contributed by atoms with Crippen LogP contribution in [0.1, 0.15) is 64.5 Å². The minimum Gasteiger partial charge on any atom is -0.480 e. The second-order valence-electron chi connectivity index (χ2n) is 12.4. The molecule has 0 unspecified atom stereocenters. The average Bonchev–Trinajstić information content (AvgIpc) is 3.49. The highest BCUT2D eigenvalue weighted by molar-refractivity contribution is 5.96. The van der Waals surface area contributed by atoms with Gasteiger partial charge in [-0.2, -0.15) is 0 Å². The maximum absolute atomic E-state index is 13.9. The number of rotatable bonds is 17. The highest BCUT2D eigenvalue weighted by Gasteiger charge is 2.40. The topological polar surface area (TPSA) is 259 Å². The zero-order valence-electron chi connectivity index (χ0n) is 27.8. The molecule has 0 bridgehead atoms. The Morgan fingerprint density at radius 3 is 2.19 bits per heavy atom. The van der Waals surface area contributed by atoms with E-state index in [1.807, 2.05) is 32.8 Å². The Bertz CT molecular complexity index is 1270. The van der Waals surface area contributed by atoms with Gasteiger partial charge in [0, 0.05) is 32.9 Å². The van der Waals surface area contributed by atoms with E-state index in [0.717, 1.165) is 5.69 Å². The Balaban J connectivity index is 2.32. The lowest BCUT2D eigenvalue weighted by atomic mass is 9.99. The Hall–Kier alpha value is -4.44. The van der Waals surface area contributed by atoms with Gasteiger partial charge in [-0.3, -0.25) is 24.2 Å². The normalized spacial score (nSPS) is 17.5. The molecule has 1 saturated heterocycles. The van der Waals surface area contributed by atoms with Gasteiger partial charge in [-0.15, -0.1) is 0 Å². The van der Waals surface area contributed by atoms with Crippen molar-refractivity contribution in [2.24, 2.45) is 28.1 Å². The number of nitrogens with one attached hydrogen (secondary N) is 3. The molecule has 1 aromatic carbocycles. The van der Waals surface area contributed by atoms with Crippen LogP contribution in [0.15, 0.2) is 29.3 Å². The highest BCUT2D eigenvalue weighted by Crippen LogP contribution is 2.23. The third-order valence-corrected chi connectivity index (χ3v) is 7.80. The maximum Gasteiger partial charge on any atom is 0.328 e. The number of hydrogen-bond donors (Lipinski definition) is 8. The van der Waals surface area contributed by atoms with E-state index in [1.54, 1.807) is 24.3 Å². The molecule has 262 valence electrons. The maximum atomic E-state index is 13.9. The molecule has 0 aliphatic carbocycles. The third-order valence-electron chi connectivity index (χ3n) is 7.80. The molecule has 0 aromatic heterocycles. The van der Waals surface area contributed by atoms with Crippen molar-refractivity contribution in [1.82, 2.24) is 20.9 Å². The van der Waals surface area contributed by atoms with Crippen LogP contribution in [0.2, 0.25) is 0 Å². The molecule has 1 aliphatic heterocycles. The molecule has 1 aromatic rings. The van der Waals surface area contributed by atoms with E-state index in [4.69, 9.17) is 17.2 Å². The minimum absolute atomic E-state index is 0.0446. The van der Waals surface area contributed by atoms with E-state index in [0.29, 0.717) is 18.4 Å². The zero-order chi connectivity index (χ0) is 35.4. The van der Waals surface area contributed by atoms with Gasteiger partial charge >= 0.3 is 5.97 Å². The molecule has 0 radical (unpaired) electrons. The second-order valence-corrected chi connectivity index (χ2v) is 12.4. The van der Waals surface area contributed by atoms with Crippen LogP contribution in [-0.2, 0) is 24.0 Å². The SMILES string of the molecule is CC(C)C[C@H](NC(=O)[C@H](NC(=O)[C@@H](N)CCCN=C(N)N)c1ccc(N(C)C)cc1)C(=O)N1CCC[C@H]1C(=O)N[C@H](C(=O)O)[C@@H](C)O.